The van der Waals surface area contributed by atoms with Crippen LogP contribution < -0.4 is 24.6 Å². The average Bonchev–Trinajstić information content (AvgIpc) is 3.79. The molecule has 0 aliphatic heterocycles. The minimum Gasteiger partial charge on any atom is -0.475 e. The predicted molar refractivity (Wildman–Crippen MR) is 127 cm³/mol. The Morgan fingerprint density at radius 3 is 1.33 bits per heavy atom. The van der Waals surface area contributed by atoms with Crippen molar-refractivity contribution < 1.29 is 75.4 Å². The van der Waals surface area contributed by atoms with E-state index in [-0.39, 0.29) is 36.3 Å². The van der Waals surface area contributed by atoms with Gasteiger partial charge in [-0.15, -0.1) is 0 Å². The molecule has 0 saturated heterocycles. The number of alkyl halides is 3. The topological polar surface area (TPSA) is 290 Å². The number of nitrogens with two attached hydrogens (primary N) is 1. The molecule has 222 valence electrons. The maximum atomic E-state index is 11.6. The first kappa shape index (κ1) is 37.3. The van der Waals surface area contributed by atoms with Gasteiger partial charge in [-0.1, -0.05) is 0 Å². The third-order valence-corrected chi connectivity index (χ3v) is 3.90. The number of halogens is 3. The van der Waals surface area contributed by atoms with E-state index in [1.54, 1.807) is 0 Å². The number of primary amides is 1. The van der Waals surface area contributed by atoms with E-state index in [2.05, 4.69) is 50.3 Å². The van der Waals surface area contributed by atoms with Crippen molar-refractivity contribution in [3.8, 4) is 0 Å². The number of rotatable bonds is 7. The molecule has 4 aromatic rings. The van der Waals surface area contributed by atoms with Gasteiger partial charge in [0.2, 0.25) is 0 Å². The van der Waals surface area contributed by atoms with E-state index in [1.807, 2.05) is 0 Å². The molecule has 0 fully saturated rings. The Hall–Kier alpha value is -5.68. The first-order valence-electron chi connectivity index (χ1n) is 10.5. The minimum atomic E-state index is -4.85. The minimum absolute atomic E-state index is 0. The summed E-state index contributed by atoms with van der Waals surface area (Å²) in [6.07, 6.45) is 5.74. The van der Waals surface area contributed by atoms with Gasteiger partial charge in [0.15, 0.2) is 23.3 Å². The van der Waals surface area contributed by atoms with Crippen LogP contribution in [-0.2, 0) is 19.1 Å². The molecule has 0 unspecified atom stereocenters. The van der Waals surface area contributed by atoms with Gasteiger partial charge in [-0.3, -0.25) is 24.0 Å². The summed E-state index contributed by atoms with van der Waals surface area (Å²) in [5.74, 6) is -8.82. The molecule has 0 aromatic carbocycles. The second kappa shape index (κ2) is 17.9. The van der Waals surface area contributed by atoms with Crippen molar-refractivity contribution in [2.75, 3.05) is 7.11 Å². The zero-order valence-electron chi connectivity index (χ0n) is 21.8. The molecule has 0 atom stereocenters. The number of carbonyl (C=O) groups is 7. The molecule has 0 aliphatic carbocycles. The van der Waals surface area contributed by atoms with Crippen LogP contribution in [0.5, 0.6) is 0 Å². The number of H-pyrrole nitrogens is 4. The molecule has 0 saturated carbocycles. The molecular weight excluding hydrogens is 586 g/mol. The van der Waals surface area contributed by atoms with Crippen molar-refractivity contribution in [2.45, 2.75) is 6.18 Å². The number of aliphatic carboxylic acids is 1. The Morgan fingerprint density at radius 2 is 1.05 bits per heavy atom. The van der Waals surface area contributed by atoms with Crippen molar-refractivity contribution >= 4 is 41.0 Å². The van der Waals surface area contributed by atoms with Crippen LogP contribution in [0.1, 0.15) is 42.5 Å². The van der Waals surface area contributed by atoms with Crippen LogP contribution in [0.3, 0.4) is 0 Å². The number of nitrogens with one attached hydrogen (secondary N) is 4. The summed E-state index contributed by atoms with van der Waals surface area (Å²) >= 11 is 0. The van der Waals surface area contributed by atoms with E-state index in [1.165, 1.54) is 37.2 Å². The summed E-state index contributed by atoms with van der Waals surface area (Å²) in [7, 11) is 1.14. The number of carbonyl (C=O) groups excluding carboxylic acids is 6. The van der Waals surface area contributed by atoms with Crippen LogP contribution in [0.2, 0.25) is 0 Å². The normalized spacial score (nSPS) is 9.58. The number of carboxylic acids is 1. The number of ketones is 4. The number of amides is 1. The Labute approximate surface area is 248 Å². The number of Topliss-reactive ketones (excluding diaryl/α,β-unsaturated/α-hetero) is 4. The second-order valence-electron chi connectivity index (χ2n) is 6.73. The zero-order chi connectivity index (χ0) is 31.9. The summed E-state index contributed by atoms with van der Waals surface area (Å²) in [5.41, 5.74) is 4.68. The monoisotopic (exact) mass is 604 g/mol. The Balaban J connectivity index is 0.000000543. The fourth-order valence-corrected chi connectivity index (χ4v) is 2.10. The van der Waals surface area contributed by atoms with Crippen LogP contribution in [0, 0.1) is 0 Å². The van der Waals surface area contributed by atoms with Gasteiger partial charge in [-0.2, -0.15) is 13.2 Å². The number of hydrogen-bond donors (Lipinski definition) is 6. The molecule has 0 spiro atoms. The van der Waals surface area contributed by atoms with Gasteiger partial charge in [0.05, 0.1) is 7.11 Å². The maximum absolute atomic E-state index is 11.6. The van der Waals surface area contributed by atoms with Crippen molar-refractivity contribution in [1.29, 1.82) is 0 Å². The standard InChI is InChI=1S/C6H6N2O3.C5H3F3N2O.C5H5N3O2.C5H4N2O3.Li/c1-11-6(10)4(9)5-7-2-3-8-5;6-5(7,8)3(11)4-9-1-2-10-4;6-4(10)3(9)5-7-1-2-8-5;8-3(5(9)10)4-6-1-2-7-4;/h2-3H,1H3,(H,7,8);1-2H,(H,9,10);1-2H,(H2,6,10)(H,7,8);1-2H,(H,6,7)(H,9,10);/q;;;;+1. The predicted octanol–water partition coefficient (Wildman–Crippen LogP) is -3.32. The van der Waals surface area contributed by atoms with Crippen molar-refractivity contribution in [2.24, 2.45) is 5.73 Å². The Morgan fingerprint density at radius 1 is 0.698 bits per heavy atom. The number of hydrogen-bond acceptors (Lipinski definition) is 12. The molecule has 0 aliphatic rings. The molecule has 1 amide bonds. The molecule has 7 N–H and O–H groups in total. The third kappa shape index (κ3) is 12.6. The van der Waals surface area contributed by atoms with Gasteiger partial charge in [-0.25, -0.2) is 29.5 Å². The van der Waals surface area contributed by atoms with Crippen molar-refractivity contribution in [3.63, 3.8) is 0 Å². The summed E-state index contributed by atoms with van der Waals surface area (Å²) in [5, 5.41) is 8.14. The molecule has 4 heterocycles. The van der Waals surface area contributed by atoms with E-state index in [0.29, 0.717) is 0 Å². The summed E-state index contributed by atoms with van der Waals surface area (Å²) in [6, 6.07) is 0. The average molecular weight is 604 g/mol. The number of esters is 1. The number of nitrogens with zero attached hydrogens (tertiary/aromatic N) is 4. The molecule has 18 nitrogen and oxygen atoms in total. The van der Waals surface area contributed by atoms with Gasteiger partial charge in [0, 0.05) is 49.6 Å². The molecule has 0 bridgehead atoms. The summed E-state index contributed by atoms with van der Waals surface area (Å²) in [4.78, 5) is 96.2. The van der Waals surface area contributed by atoms with Gasteiger partial charge in [0.25, 0.3) is 11.7 Å². The van der Waals surface area contributed by atoms with E-state index < -0.39 is 53.0 Å². The van der Waals surface area contributed by atoms with Gasteiger partial charge in [-0.05, 0) is 0 Å². The Bertz CT molecular complexity index is 1430. The van der Waals surface area contributed by atoms with E-state index in [9.17, 15) is 46.7 Å². The molecule has 22 heteroatoms. The van der Waals surface area contributed by atoms with E-state index in [0.717, 1.165) is 19.5 Å². The quantitative estimate of drug-likeness (QED) is 0.0522. The SMILES string of the molecule is COC(=O)C(=O)c1ncc[nH]1.NC(=O)C(=O)c1ncc[nH]1.O=C(O)C(=O)c1ncc[nH]1.O=C(c1ncc[nH]1)C(F)(F)F.[Li+]. The third-order valence-electron chi connectivity index (χ3n) is 3.90. The molecular formula is C21H18F3LiN9O9+. The smallest absolute Gasteiger partial charge is 0.475 e. The summed E-state index contributed by atoms with van der Waals surface area (Å²) < 4.78 is 39.0. The number of imidazole rings is 4. The second-order valence-corrected chi connectivity index (χ2v) is 6.73. The van der Waals surface area contributed by atoms with E-state index >= 15 is 0 Å². The number of methoxy groups -OCH3 is 1. The van der Waals surface area contributed by atoms with Crippen LogP contribution in [-0.4, -0.2) is 99.2 Å². The van der Waals surface area contributed by atoms with Gasteiger partial charge in [0.1, 0.15) is 0 Å². The molecule has 4 aromatic heterocycles. The van der Waals surface area contributed by atoms with Crippen molar-refractivity contribution in [3.05, 3.63) is 72.9 Å². The number of carboxylic acid groups (broad SMARTS) is 1. The van der Waals surface area contributed by atoms with Crippen LogP contribution in [0.15, 0.2) is 49.6 Å². The first-order valence-corrected chi connectivity index (χ1v) is 10.5. The number of aromatic nitrogens is 8. The first-order chi connectivity index (χ1) is 19.7. The maximum Gasteiger partial charge on any atom is 1.00 e. The van der Waals surface area contributed by atoms with Gasteiger partial charge < -0.3 is 35.5 Å². The fraction of sp³-hybridized carbons (Fsp3) is 0.0952. The molecule has 43 heavy (non-hydrogen) atoms. The molecule has 0 radical (unpaired) electrons. The van der Waals surface area contributed by atoms with E-state index in [4.69, 9.17) is 5.11 Å². The van der Waals surface area contributed by atoms with Crippen LogP contribution in [0.25, 0.3) is 0 Å². The van der Waals surface area contributed by atoms with Gasteiger partial charge >= 0.3 is 54.3 Å². The van der Waals surface area contributed by atoms with Crippen LogP contribution in [0.4, 0.5) is 13.2 Å². The molecule has 4 rings (SSSR count). The van der Waals surface area contributed by atoms with Crippen molar-refractivity contribution in [1.82, 2.24) is 39.9 Å². The Kier molecular flexibility index (Phi) is 15.5. The fourth-order valence-electron chi connectivity index (χ4n) is 2.10. The van der Waals surface area contributed by atoms with Crippen LogP contribution >= 0.6 is 0 Å². The number of ether oxygens (including phenoxy) is 1. The number of aromatic amines is 4. The zero-order valence-corrected chi connectivity index (χ0v) is 21.8. The largest absolute Gasteiger partial charge is 1.00 e. The summed E-state index contributed by atoms with van der Waals surface area (Å²) in [6.45, 7) is 0.